The number of methoxy groups -OCH3 is 1. The van der Waals surface area contributed by atoms with Gasteiger partial charge in [0, 0.05) is 56.3 Å². The summed E-state index contributed by atoms with van der Waals surface area (Å²) in [5, 5.41) is 20.3. The number of piperidine rings is 1. The molecule has 2 aromatic carbocycles. The predicted octanol–water partition coefficient (Wildman–Crippen LogP) is 5.17. The maximum Gasteiger partial charge on any atom is 0.410 e. The van der Waals surface area contributed by atoms with E-state index in [1.807, 2.05) is 20.8 Å². The molecule has 0 bridgehead atoms. The van der Waals surface area contributed by atoms with Gasteiger partial charge >= 0.3 is 6.09 Å². The Morgan fingerprint density at radius 3 is 2.59 bits per heavy atom. The van der Waals surface area contributed by atoms with Crippen molar-refractivity contribution >= 4 is 29.5 Å². The lowest BCUT2D eigenvalue weighted by Crippen LogP contribution is -2.44. The quantitative estimate of drug-likeness (QED) is 0.319. The van der Waals surface area contributed by atoms with E-state index in [1.165, 1.54) is 7.11 Å². The van der Waals surface area contributed by atoms with E-state index in [9.17, 15) is 15.2 Å². The molecule has 3 N–H and O–H groups in total. The van der Waals surface area contributed by atoms with E-state index < -0.39 is 11.7 Å². The van der Waals surface area contributed by atoms with Crippen molar-refractivity contribution in [2.24, 2.45) is 0 Å². The van der Waals surface area contributed by atoms with Crippen LogP contribution in [0.3, 0.4) is 0 Å². The Bertz CT molecular complexity index is 1210. The number of carbonyl (C=O) groups is 1. The fourth-order valence-electron chi connectivity index (χ4n) is 4.07. The number of carbonyl (C=O) groups excluding carboxylic acids is 1. The molecule has 1 heterocycles. The van der Waals surface area contributed by atoms with E-state index >= 15 is 0 Å². The van der Waals surface area contributed by atoms with Crippen LogP contribution in [0.1, 0.15) is 50.3 Å². The molecule has 0 radical (unpaired) electrons. The van der Waals surface area contributed by atoms with Gasteiger partial charge in [-0.05, 0) is 51.1 Å². The first kappa shape index (κ1) is 30.1. The number of benzene rings is 2. The molecule has 1 unspecified atom stereocenters. The fourth-order valence-corrected chi connectivity index (χ4v) is 4.36. The van der Waals surface area contributed by atoms with E-state index in [4.69, 9.17) is 36.3 Å². The highest BCUT2D eigenvalue weighted by Gasteiger charge is 2.28. The lowest BCUT2D eigenvalue weighted by Gasteiger charge is -2.33. The lowest BCUT2D eigenvalue weighted by molar-refractivity contribution is 0.0126. The molecule has 1 aliphatic rings. The number of amides is 1. The second-order valence-electron chi connectivity index (χ2n) is 10.3. The summed E-state index contributed by atoms with van der Waals surface area (Å²) in [6.07, 6.45) is 3.32. The van der Waals surface area contributed by atoms with Gasteiger partial charge in [-0.2, -0.15) is 5.26 Å². The number of aliphatic hydroxyl groups excluding tert-OH is 1. The molecule has 0 saturated carbocycles. The molecule has 9 nitrogen and oxygen atoms in total. The van der Waals surface area contributed by atoms with Crippen molar-refractivity contribution in [2.75, 3.05) is 32.7 Å². The normalized spacial score (nSPS) is 15.2. The fraction of sp³-hybridized carbons (Fsp3) is 0.448. The zero-order chi connectivity index (χ0) is 28.6. The third-order valence-electron chi connectivity index (χ3n) is 6.01. The van der Waals surface area contributed by atoms with Gasteiger partial charge in [-0.15, -0.1) is 0 Å². The Morgan fingerprint density at radius 1 is 1.26 bits per heavy atom. The second-order valence-corrected chi connectivity index (χ2v) is 10.7. The average Bonchev–Trinajstić information content (AvgIpc) is 2.89. The maximum atomic E-state index is 12.3. The molecule has 10 heteroatoms. The summed E-state index contributed by atoms with van der Waals surface area (Å²) < 4.78 is 22.1. The molecule has 3 rings (SSSR count). The van der Waals surface area contributed by atoms with E-state index in [0.717, 1.165) is 0 Å². The summed E-state index contributed by atoms with van der Waals surface area (Å²) in [6.45, 7) is 6.62. The minimum Gasteiger partial charge on any atom is -0.489 e. The number of nitrogens with zero attached hydrogens (tertiary/aromatic N) is 2. The van der Waals surface area contributed by atoms with Crippen molar-refractivity contribution < 1.29 is 28.8 Å². The van der Waals surface area contributed by atoms with Crippen LogP contribution in [0.4, 0.5) is 10.5 Å². The van der Waals surface area contributed by atoms with Crippen molar-refractivity contribution in [1.29, 1.82) is 5.26 Å². The van der Waals surface area contributed by atoms with Gasteiger partial charge in [0.15, 0.2) is 6.79 Å². The molecule has 1 saturated heterocycles. The van der Waals surface area contributed by atoms with Crippen LogP contribution in [0.25, 0.3) is 6.08 Å². The van der Waals surface area contributed by atoms with Crippen LogP contribution in [-0.4, -0.2) is 60.9 Å². The Labute approximate surface area is 234 Å². The number of nitrogen functional groups attached to an aromatic ring is 1. The number of nitrogens with two attached hydrogens (primary N) is 1. The molecular weight excluding hydrogens is 522 g/mol. The minimum absolute atomic E-state index is 0.0499. The molecule has 1 aliphatic heterocycles. The van der Waals surface area contributed by atoms with Crippen LogP contribution in [0.15, 0.2) is 36.4 Å². The lowest BCUT2D eigenvalue weighted by atomic mass is 10.0. The van der Waals surface area contributed by atoms with Crippen LogP contribution in [0.5, 0.6) is 11.5 Å². The van der Waals surface area contributed by atoms with Gasteiger partial charge in [0.2, 0.25) is 0 Å². The molecule has 0 spiro atoms. The number of hydrogen-bond donors (Lipinski definition) is 2. The molecule has 210 valence electrons. The third-order valence-corrected chi connectivity index (χ3v) is 6.43. The summed E-state index contributed by atoms with van der Waals surface area (Å²) in [6, 6.07) is 10.5. The number of aliphatic hydroxyl groups is 1. The molecular formula is C29H36ClN3O6. The first-order valence-corrected chi connectivity index (χ1v) is 13.1. The highest BCUT2D eigenvalue weighted by molar-refractivity contribution is 6.33. The third kappa shape index (κ3) is 8.79. The van der Waals surface area contributed by atoms with Crippen LogP contribution in [0.2, 0.25) is 5.02 Å². The first-order valence-electron chi connectivity index (χ1n) is 12.7. The van der Waals surface area contributed by atoms with E-state index in [2.05, 4.69) is 6.07 Å². The Hall–Kier alpha value is -3.45. The van der Waals surface area contributed by atoms with Crippen LogP contribution >= 0.6 is 11.6 Å². The Morgan fingerprint density at radius 2 is 1.95 bits per heavy atom. The topological polar surface area (TPSA) is 127 Å². The van der Waals surface area contributed by atoms with Gasteiger partial charge in [0.05, 0.1) is 22.8 Å². The number of halogens is 1. The number of nitriles is 1. The molecule has 1 fully saturated rings. The highest BCUT2D eigenvalue weighted by atomic mass is 35.5. The Balaban J connectivity index is 1.65. The minimum atomic E-state index is -0.918. The highest BCUT2D eigenvalue weighted by Crippen LogP contribution is 2.35. The number of likely N-dealkylation sites (tertiary alicyclic amines) is 1. The van der Waals surface area contributed by atoms with Crippen LogP contribution in [0, 0.1) is 11.3 Å². The van der Waals surface area contributed by atoms with E-state index in [-0.39, 0.29) is 25.4 Å². The van der Waals surface area contributed by atoms with Gasteiger partial charge in [-0.1, -0.05) is 23.8 Å². The van der Waals surface area contributed by atoms with Crippen molar-refractivity contribution in [3.63, 3.8) is 0 Å². The first-order chi connectivity index (χ1) is 18.5. The Kier molecular flexibility index (Phi) is 10.5. The summed E-state index contributed by atoms with van der Waals surface area (Å²) in [7, 11) is 1.52. The van der Waals surface area contributed by atoms with Crippen molar-refractivity contribution in [1.82, 2.24) is 4.90 Å². The standard InChI is InChI=1S/C29H36ClN3O6/c1-29(2,3)39-28(35)33-13-11-22(12-14-33)38-26-10-8-24(32)23(27(26)30)16-21(34)7-6-20-15-19(17-31)5-9-25(20)37-18-36-4/h5-10,15,21-22,34H,11-14,16,18,32H2,1-4H3/b7-6+. The maximum absolute atomic E-state index is 12.3. The van der Waals surface area contributed by atoms with Crippen LogP contribution in [-0.2, 0) is 15.9 Å². The van der Waals surface area contributed by atoms with Gasteiger partial charge in [0.1, 0.15) is 23.2 Å². The summed E-state index contributed by atoms with van der Waals surface area (Å²) in [4.78, 5) is 14.0. The van der Waals surface area contributed by atoms with E-state index in [0.29, 0.717) is 64.8 Å². The number of hydrogen-bond acceptors (Lipinski definition) is 8. The van der Waals surface area contributed by atoms with Gasteiger partial charge < -0.3 is 34.7 Å². The van der Waals surface area contributed by atoms with E-state index in [1.54, 1.807) is 47.4 Å². The second kappa shape index (κ2) is 13.6. The van der Waals surface area contributed by atoms with Gasteiger partial charge in [-0.3, -0.25) is 0 Å². The summed E-state index contributed by atoms with van der Waals surface area (Å²) in [5.41, 5.74) is 7.75. The monoisotopic (exact) mass is 557 g/mol. The molecule has 0 aliphatic carbocycles. The predicted molar refractivity (Wildman–Crippen MR) is 150 cm³/mol. The number of rotatable bonds is 9. The van der Waals surface area contributed by atoms with Gasteiger partial charge in [0.25, 0.3) is 0 Å². The van der Waals surface area contributed by atoms with Crippen LogP contribution < -0.4 is 15.2 Å². The molecule has 1 amide bonds. The molecule has 2 aromatic rings. The van der Waals surface area contributed by atoms with Crippen molar-refractivity contribution in [2.45, 2.75) is 57.8 Å². The molecule has 1 atom stereocenters. The van der Waals surface area contributed by atoms with Crippen molar-refractivity contribution in [3.05, 3.63) is 58.1 Å². The van der Waals surface area contributed by atoms with Gasteiger partial charge in [-0.25, -0.2) is 4.79 Å². The number of ether oxygens (including phenoxy) is 4. The molecule has 39 heavy (non-hydrogen) atoms. The SMILES string of the molecule is COCOc1ccc(C#N)cc1/C=C/C(O)Cc1c(N)ccc(OC2CCN(C(=O)OC(C)(C)C)CC2)c1Cl. The molecule has 0 aromatic heterocycles. The zero-order valence-corrected chi connectivity index (χ0v) is 23.5. The number of anilines is 1. The summed E-state index contributed by atoms with van der Waals surface area (Å²) in [5.74, 6) is 0.995. The largest absolute Gasteiger partial charge is 0.489 e. The zero-order valence-electron chi connectivity index (χ0n) is 22.8. The van der Waals surface area contributed by atoms with Crippen molar-refractivity contribution in [3.8, 4) is 17.6 Å². The smallest absolute Gasteiger partial charge is 0.410 e. The average molecular weight is 558 g/mol. The summed E-state index contributed by atoms with van der Waals surface area (Å²) >= 11 is 6.67.